The van der Waals surface area contributed by atoms with Crippen LogP contribution in [0.1, 0.15) is 36.9 Å². The Morgan fingerprint density at radius 2 is 1.64 bits per heavy atom. The Labute approximate surface area is 247 Å². The Kier molecular flexibility index (Phi) is 8.83. The van der Waals surface area contributed by atoms with Gasteiger partial charge in [-0.3, -0.25) is 4.79 Å². The lowest BCUT2D eigenvalue weighted by molar-refractivity contribution is -0.137. The van der Waals surface area contributed by atoms with E-state index in [1.54, 1.807) is 36.4 Å². The molecule has 4 aromatic rings. The number of hydrogen-bond acceptors (Lipinski definition) is 6. The molecule has 2 N–H and O–H groups in total. The number of carbonyl (C=O) groups excluding carboxylic acids is 1. The van der Waals surface area contributed by atoms with Gasteiger partial charge in [0.15, 0.2) is 16.1 Å². The SMILES string of the molecule is COc1ccc(-c2sc(NC(=O)C3CCCC3)nc2C)cc1S(=O)Nc1ccc(Oc2ccc(C(F)(F)F)cc2)cc1. The number of halogens is 3. The number of anilines is 2. The molecule has 1 aliphatic carbocycles. The first-order chi connectivity index (χ1) is 20.1. The first kappa shape index (κ1) is 29.6. The van der Waals surface area contributed by atoms with Gasteiger partial charge in [-0.15, -0.1) is 0 Å². The number of nitrogens with one attached hydrogen (secondary N) is 2. The Bertz CT molecular complexity index is 1580. The van der Waals surface area contributed by atoms with Crippen LogP contribution in [-0.2, 0) is 22.0 Å². The van der Waals surface area contributed by atoms with Crippen LogP contribution < -0.4 is 19.5 Å². The van der Waals surface area contributed by atoms with Crippen molar-refractivity contribution < 1.29 is 31.6 Å². The Morgan fingerprint density at radius 1 is 1.00 bits per heavy atom. The van der Waals surface area contributed by atoms with Gasteiger partial charge in [0, 0.05) is 11.6 Å². The third-order valence-corrected chi connectivity index (χ3v) is 9.12. The van der Waals surface area contributed by atoms with E-state index >= 15 is 0 Å². The fourth-order valence-corrected chi connectivity index (χ4v) is 6.67. The number of methoxy groups -OCH3 is 1. The molecule has 12 heteroatoms. The van der Waals surface area contributed by atoms with Gasteiger partial charge in [-0.2, -0.15) is 13.2 Å². The number of hydrogen-bond donors (Lipinski definition) is 2. The Morgan fingerprint density at radius 3 is 2.26 bits per heavy atom. The first-order valence-electron chi connectivity index (χ1n) is 13.2. The van der Waals surface area contributed by atoms with E-state index < -0.39 is 22.7 Å². The Balaban J connectivity index is 1.28. The number of amides is 1. The van der Waals surface area contributed by atoms with Crippen molar-refractivity contribution in [2.24, 2.45) is 5.92 Å². The lowest BCUT2D eigenvalue weighted by Crippen LogP contribution is -2.20. The Hall–Kier alpha value is -3.90. The van der Waals surface area contributed by atoms with Crippen molar-refractivity contribution in [2.45, 2.75) is 43.7 Å². The van der Waals surface area contributed by atoms with Crippen LogP contribution in [0.4, 0.5) is 24.0 Å². The summed E-state index contributed by atoms with van der Waals surface area (Å²) in [5.74, 6) is 1.13. The molecule has 0 spiro atoms. The van der Waals surface area contributed by atoms with E-state index in [0.717, 1.165) is 54.0 Å². The largest absolute Gasteiger partial charge is 0.495 e. The predicted octanol–water partition coefficient (Wildman–Crippen LogP) is 8.20. The number of aryl methyl sites for hydroxylation is 1. The van der Waals surface area contributed by atoms with Crippen LogP contribution in [-0.4, -0.2) is 22.2 Å². The van der Waals surface area contributed by atoms with E-state index in [9.17, 15) is 22.2 Å². The standard InChI is InChI=1S/C30H28F3N3O4S2/c1-18-27(41-29(34-18)35-28(37)19-5-3-4-6-19)20-7-16-25(39-2)26(17-20)42(38)36-22-10-14-24(15-11-22)40-23-12-8-21(9-13-23)30(31,32)33/h7-17,19,36H,3-6H2,1-2H3,(H,34,35,37). The molecule has 0 bridgehead atoms. The molecular weight excluding hydrogens is 587 g/mol. The fraction of sp³-hybridized carbons (Fsp3) is 0.267. The maximum Gasteiger partial charge on any atom is 0.416 e. The minimum Gasteiger partial charge on any atom is -0.495 e. The van der Waals surface area contributed by atoms with E-state index in [4.69, 9.17) is 9.47 Å². The van der Waals surface area contributed by atoms with Crippen molar-refractivity contribution in [3.8, 4) is 27.7 Å². The first-order valence-corrected chi connectivity index (χ1v) is 15.2. The molecule has 1 heterocycles. The molecular formula is C30H28F3N3O4S2. The molecule has 3 aromatic carbocycles. The average molecular weight is 616 g/mol. The summed E-state index contributed by atoms with van der Waals surface area (Å²) < 4.78 is 65.8. The van der Waals surface area contributed by atoms with Crippen LogP contribution in [0.5, 0.6) is 17.2 Å². The lowest BCUT2D eigenvalue weighted by atomic mass is 10.1. The molecule has 0 aliphatic heterocycles. The maximum absolute atomic E-state index is 13.4. The molecule has 1 atom stereocenters. The molecule has 1 unspecified atom stereocenters. The monoisotopic (exact) mass is 615 g/mol. The summed E-state index contributed by atoms with van der Waals surface area (Å²) in [4.78, 5) is 18.4. The molecule has 1 aromatic heterocycles. The molecule has 1 amide bonds. The minimum absolute atomic E-state index is 0.00398. The molecule has 220 valence electrons. The summed E-state index contributed by atoms with van der Waals surface area (Å²) in [5, 5.41) is 3.49. The predicted molar refractivity (Wildman–Crippen MR) is 157 cm³/mol. The van der Waals surface area contributed by atoms with Crippen LogP contribution in [0.2, 0.25) is 0 Å². The van der Waals surface area contributed by atoms with Gasteiger partial charge in [0.05, 0.1) is 23.2 Å². The number of benzene rings is 3. The fourth-order valence-electron chi connectivity index (χ4n) is 4.68. The van der Waals surface area contributed by atoms with Crippen LogP contribution in [0.15, 0.2) is 71.6 Å². The zero-order valence-corrected chi connectivity index (χ0v) is 24.4. The van der Waals surface area contributed by atoms with Gasteiger partial charge in [-0.05, 0) is 92.1 Å². The van der Waals surface area contributed by atoms with Gasteiger partial charge in [-0.1, -0.05) is 24.2 Å². The van der Waals surface area contributed by atoms with Crippen LogP contribution in [0.3, 0.4) is 0 Å². The second kappa shape index (κ2) is 12.5. The molecule has 7 nitrogen and oxygen atoms in total. The van der Waals surface area contributed by atoms with Crippen LogP contribution in [0.25, 0.3) is 10.4 Å². The van der Waals surface area contributed by atoms with Crippen molar-refractivity contribution in [1.82, 2.24) is 4.98 Å². The van der Waals surface area contributed by atoms with E-state index in [-0.39, 0.29) is 17.6 Å². The van der Waals surface area contributed by atoms with E-state index in [1.165, 1.54) is 30.6 Å². The van der Waals surface area contributed by atoms with Gasteiger partial charge in [0.25, 0.3) is 0 Å². The van der Waals surface area contributed by atoms with Gasteiger partial charge >= 0.3 is 6.18 Å². The van der Waals surface area contributed by atoms with Crippen molar-refractivity contribution in [1.29, 1.82) is 0 Å². The van der Waals surface area contributed by atoms with Gasteiger partial charge in [0.1, 0.15) is 22.1 Å². The van der Waals surface area contributed by atoms with E-state index in [2.05, 4.69) is 15.0 Å². The topological polar surface area (TPSA) is 89.5 Å². The number of aromatic nitrogens is 1. The summed E-state index contributed by atoms with van der Waals surface area (Å²) in [6.07, 6.45) is -0.475. The minimum atomic E-state index is -4.42. The normalized spacial score (nSPS) is 14.4. The highest BCUT2D eigenvalue weighted by Gasteiger charge is 2.30. The zero-order valence-electron chi connectivity index (χ0n) is 22.8. The quantitative estimate of drug-likeness (QED) is 0.198. The third kappa shape index (κ3) is 6.93. The highest BCUT2D eigenvalue weighted by Crippen LogP contribution is 2.37. The number of nitrogens with zero attached hydrogens (tertiary/aromatic N) is 1. The highest BCUT2D eigenvalue weighted by molar-refractivity contribution is 7.86. The van der Waals surface area contributed by atoms with Gasteiger partial charge in [0.2, 0.25) is 5.91 Å². The number of alkyl halides is 3. The van der Waals surface area contributed by atoms with Crippen molar-refractivity contribution in [3.63, 3.8) is 0 Å². The molecule has 5 rings (SSSR count). The maximum atomic E-state index is 13.4. The third-order valence-electron chi connectivity index (χ3n) is 6.86. The van der Waals surface area contributed by atoms with Gasteiger partial charge in [-0.25, -0.2) is 9.19 Å². The second-order valence-corrected chi connectivity index (χ2v) is 12.0. The number of rotatable bonds is 9. The van der Waals surface area contributed by atoms with Gasteiger partial charge < -0.3 is 19.5 Å². The average Bonchev–Trinajstić information content (AvgIpc) is 3.64. The summed E-state index contributed by atoms with van der Waals surface area (Å²) in [5.41, 5.74) is 1.32. The summed E-state index contributed by atoms with van der Waals surface area (Å²) in [6.45, 7) is 1.87. The summed E-state index contributed by atoms with van der Waals surface area (Å²) in [7, 11) is -0.206. The second-order valence-electron chi connectivity index (χ2n) is 9.79. The van der Waals surface area contributed by atoms with Crippen molar-refractivity contribution in [2.75, 3.05) is 17.1 Å². The van der Waals surface area contributed by atoms with Crippen LogP contribution in [0, 0.1) is 12.8 Å². The summed E-state index contributed by atoms with van der Waals surface area (Å²) >= 11 is 1.37. The molecule has 1 saturated carbocycles. The van der Waals surface area contributed by atoms with E-state index in [0.29, 0.717) is 27.2 Å². The molecule has 0 radical (unpaired) electrons. The summed E-state index contributed by atoms with van der Waals surface area (Å²) in [6, 6.07) is 16.3. The van der Waals surface area contributed by atoms with Crippen molar-refractivity contribution >= 4 is 39.0 Å². The molecule has 1 aliphatic rings. The number of ether oxygens (including phenoxy) is 2. The van der Waals surface area contributed by atoms with Crippen molar-refractivity contribution in [3.05, 3.63) is 78.0 Å². The van der Waals surface area contributed by atoms with E-state index in [1.807, 2.05) is 13.0 Å². The number of thiazole rings is 1. The smallest absolute Gasteiger partial charge is 0.416 e. The highest BCUT2D eigenvalue weighted by atomic mass is 32.2. The molecule has 0 saturated heterocycles. The molecule has 42 heavy (non-hydrogen) atoms. The number of carbonyl (C=O) groups is 1. The van der Waals surface area contributed by atoms with Crippen LogP contribution >= 0.6 is 11.3 Å². The zero-order chi connectivity index (χ0) is 29.9. The lowest BCUT2D eigenvalue weighted by Gasteiger charge is -2.12. The molecule has 1 fully saturated rings.